The summed E-state index contributed by atoms with van der Waals surface area (Å²) in [6.07, 6.45) is 5.31. The van der Waals surface area contributed by atoms with Gasteiger partial charge < -0.3 is 9.80 Å². The summed E-state index contributed by atoms with van der Waals surface area (Å²) in [5.74, 6) is -1.21. The van der Waals surface area contributed by atoms with E-state index in [1.54, 1.807) is 30.3 Å². The molecule has 0 spiro atoms. The highest BCUT2D eigenvalue weighted by atomic mass is 19.1. The molecule has 0 saturated carbocycles. The minimum atomic E-state index is -0.627. The number of aromatic nitrogens is 1. The molecule has 1 atom stereocenters. The summed E-state index contributed by atoms with van der Waals surface area (Å²) in [4.78, 5) is 33.4. The number of carbonyl (C=O) groups excluding carboxylic acids is 2. The highest BCUT2D eigenvalue weighted by Gasteiger charge is 2.34. The SMILES string of the molecule is CN(C(=O)c1cccnc1)[C@@H](Cc1ccc(F)cc1F)C1CCN(C(=O)CC(C)(C)C)CC1. The zero-order valence-corrected chi connectivity index (χ0v) is 19.9. The van der Waals surface area contributed by atoms with Gasteiger partial charge in [-0.3, -0.25) is 14.6 Å². The van der Waals surface area contributed by atoms with Crippen molar-refractivity contribution in [1.29, 1.82) is 0 Å². The van der Waals surface area contributed by atoms with Gasteiger partial charge in [0.2, 0.25) is 5.91 Å². The fraction of sp³-hybridized carbons (Fsp3) is 0.500. The average molecular weight is 458 g/mol. The number of benzene rings is 1. The summed E-state index contributed by atoms with van der Waals surface area (Å²) in [6.45, 7) is 7.35. The van der Waals surface area contributed by atoms with Gasteiger partial charge in [-0.05, 0) is 54.4 Å². The summed E-state index contributed by atoms with van der Waals surface area (Å²) in [6, 6.07) is 6.68. The normalized spacial score (nSPS) is 15.9. The number of nitrogens with zero attached hydrogens (tertiary/aromatic N) is 3. The molecule has 2 heterocycles. The lowest BCUT2D eigenvalue weighted by Gasteiger charge is -2.40. The summed E-state index contributed by atoms with van der Waals surface area (Å²) >= 11 is 0. The van der Waals surface area contributed by atoms with Crippen molar-refractivity contribution < 1.29 is 18.4 Å². The van der Waals surface area contributed by atoms with E-state index in [1.165, 1.54) is 18.3 Å². The number of likely N-dealkylation sites (tertiary alicyclic amines) is 1. The Morgan fingerprint density at radius 1 is 1.18 bits per heavy atom. The molecule has 0 radical (unpaired) electrons. The van der Waals surface area contributed by atoms with E-state index < -0.39 is 11.6 Å². The Balaban J connectivity index is 1.78. The average Bonchev–Trinajstić information content (AvgIpc) is 2.77. The molecule has 178 valence electrons. The smallest absolute Gasteiger partial charge is 0.255 e. The summed E-state index contributed by atoms with van der Waals surface area (Å²) < 4.78 is 27.9. The fourth-order valence-corrected chi connectivity index (χ4v) is 4.47. The van der Waals surface area contributed by atoms with Crippen LogP contribution in [-0.2, 0) is 11.2 Å². The monoisotopic (exact) mass is 457 g/mol. The summed E-state index contributed by atoms with van der Waals surface area (Å²) in [5.41, 5.74) is 0.758. The Kier molecular flexibility index (Phi) is 7.82. The lowest BCUT2D eigenvalue weighted by Crippen LogP contribution is -2.48. The lowest BCUT2D eigenvalue weighted by molar-refractivity contribution is -0.134. The zero-order valence-electron chi connectivity index (χ0n) is 19.9. The van der Waals surface area contributed by atoms with Crippen LogP contribution in [0.2, 0.25) is 0 Å². The molecule has 3 rings (SSSR count). The molecular formula is C26H33F2N3O2. The van der Waals surface area contributed by atoms with Crippen LogP contribution < -0.4 is 0 Å². The molecular weight excluding hydrogens is 424 g/mol. The highest BCUT2D eigenvalue weighted by Crippen LogP contribution is 2.29. The van der Waals surface area contributed by atoms with Gasteiger partial charge in [-0.25, -0.2) is 8.78 Å². The van der Waals surface area contributed by atoms with Gasteiger partial charge >= 0.3 is 0 Å². The molecule has 0 aliphatic carbocycles. The molecule has 5 nitrogen and oxygen atoms in total. The van der Waals surface area contributed by atoms with Gasteiger partial charge in [0, 0.05) is 51.1 Å². The Bertz CT molecular complexity index is 967. The Morgan fingerprint density at radius 3 is 2.45 bits per heavy atom. The van der Waals surface area contributed by atoms with Gasteiger partial charge in [0.15, 0.2) is 0 Å². The van der Waals surface area contributed by atoms with Crippen molar-refractivity contribution in [1.82, 2.24) is 14.8 Å². The first-order valence-electron chi connectivity index (χ1n) is 11.4. The van der Waals surface area contributed by atoms with Crippen molar-refractivity contribution in [2.24, 2.45) is 11.3 Å². The molecule has 0 N–H and O–H groups in total. The van der Waals surface area contributed by atoms with E-state index in [2.05, 4.69) is 4.98 Å². The van der Waals surface area contributed by atoms with Crippen LogP contribution in [0, 0.1) is 23.0 Å². The molecule has 2 amide bonds. The largest absolute Gasteiger partial charge is 0.343 e. The standard InChI is InChI=1S/C26H33F2N3O2/c1-26(2,3)16-24(32)31-12-9-18(10-13-31)23(14-19-7-8-21(27)15-22(19)28)30(4)25(33)20-6-5-11-29-17-20/h5-8,11,15,17-18,23H,9-10,12-14,16H2,1-4H3/t23-/m0/s1. The van der Waals surface area contributed by atoms with E-state index in [9.17, 15) is 18.4 Å². The number of hydrogen-bond acceptors (Lipinski definition) is 3. The van der Waals surface area contributed by atoms with E-state index in [1.807, 2.05) is 25.7 Å². The molecule has 33 heavy (non-hydrogen) atoms. The minimum absolute atomic E-state index is 0.0765. The molecule has 1 aromatic heterocycles. The number of likely N-dealkylation sites (N-methyl/N-ethyl adjacent to an activating group) is 1. The molecule has 2 aromatic rings. The maximum absolute atomic E-state index is 14.5. The topological polar surface area (TPSA) is 53.5 Å². The fourth-order valence-electron chi connectivity index (χ4n) is 4.47. The van der Waals surface area contributed by atoms with E-state index in [-0.39, 0.29) is 35.6 Å². The molecule has 1 aliphatic heterocycles. The van der Waals surface area contributed by atoms with Gasteiger partial charge in [-0.1, -0.05) is 26.8 Å². The molecule has 1 aliphatic rings. The molecule has 0 unspecified atom stereocenters. The van der Waals surface area contributed by atoms with Crippen molar-refractivity contribution in [2.45, 2.75) is 52.5 Å². The first kappa shape index (κ1) is 24.8. The number of halogens is 2. The molecule has 1 fully saturated rings. The van der Waals surface area contributed by atoms with Crippen molar-refractivity contribution in [3.8, 4) is 0 Å². The van der Waals surface area contributed by atoms with Crippen molar-refractivity contribution in [3.05, 3.63) is 65.5 Å². The van der Waals surface area contributed by atoms with E-state index >= 15 is 0 Å². The van der Waals surface area contributed by atoms with E-state index in [4.69, 9.17) is 0 Å². The van der Waals surface area contributed by atoms with Gasteiger partial charge in [0.05, 0.1) is 5.56 Å². The quantitative estimate of drug-likeness (QED) is 0.631. The summed E-state index contributed by atoms with van der Waals surface area (Å²) in [5, 5.41) is 0. The second kappa shape index (κ2) is 10.4. The van der Waals surface area contributed by atoms with Crippen LogP contribution in [0.5, 0.6) is 0 Å². The molecule has 0 bridgehead atoms. The van der Waals surface area contributed by atoms with Crippen molar-refractivity contribution in [2.75, 3.05) is 20.1 Å². The second-order valence-corrected chi connectivity index (χ2v) is 10.1. The van der Waals surface area contributed by atoms with Crippen LogP contribution in [0.15, 0.2) is 42.7 Å². The van der Waals surface area contributed by atoms with Crippen LogP contribution in [-0.4, -0.2) is 52.8 Å². The molecule has 1 aromatic carbocycles. The maximum Gasteiger partial charge on any atom is 0.255 e. The Morgan fingerprint density at radius 2 is 1.88 bits per heavy atom. The van der Waals surface area contributed by atoms with Crippen LogP contribution >= 0.6 is 0 Å². The maximum atomic E-state index is 14.5. The van der Waals surface area contributed by atoms with Crippen molar-refractivity contribution >= 4 is 11.8 Å². The molecule has 1 saturated heterocycles. The highest BCUT2D eigenvalue weighted by molar-refractivity contribution is 5.94. The van der Waals surface area contributed by atoms with Crippen LogP contribution in [0.25, 0.3) is 0 Å². The second-order valence-electron chi connectivity index (χ2n) is 10.1. The lowest BCUT2D eigenvalue weighted by atomic mass is 9.84. The third-order valence-corrected chi connectivity index (χ3v) is 6.29. The van der Waals surface area contributed by atoms with E-state index in [0.29, 0.717) is 43.5 Å². The number of piperidine rings is 1. The van der Waals surface area contributed by atoms with Crippen molar-refractivity contribution in [3.63, 3.8) is 0 Å². The Labute approximate surface area is 194 Å². The van der Waals surface area contributed by atoms with E-state index in [0.717, 1.165) is 6.07 Å². The summed E-state index contributed by atoms with van der Waals surface area (Å²) in [7, 11) is 1.72. The van der Waals surface area contributed by atoms with Gasteiger partial charge in [0.1, 0.15) is 11.6 Å². The predicted molar refractivity (Wildman–Crippen MR) is 124 cm³/mol. The predicted octanol–water partition coefficient (Wildman–Crippen LogP) is 4.72. The Hall–Kier alpha value is -2.83. The minimum Gasteiger partial charge on any atom is -0.343 e. The number of pyridine rings is 1. The number of rotatable bonds is 6. The number of hydrogen-bond donors (Lipinski definition) is 0. The van der Waals surface area contributed by atoms with Crippen LogP contribution in [0.3, 0.4) is 0 Å². The first-order valence-corrected chi connectivity index (χ1v) is 11.4. The number of carbonyl (C=O) groups is 2. The first-order chi connectivity index (χ1) is 15.5. The van der Waals surface area contributed by atoms with Crippen LogP contribution in [0.4, 0.5) is 8.78 Å². The molecule has 7 heteroatoms. The van der Waals surface area contributed by atoms with Crippen LogP contribution in [0.1, 0.15) is 56.0 Å². The third-order valence-electron chi connectivity index (χ3n) is 6.29. The van der Waals surface area contributed by atoms with Gasteiger partial charge in [-0.2, -0.15) is 0 Å². The van der Waals surface area contributed by atoms with Gasteiger partial charge in [0.25, 0.3) is 5.91 Å². The third kappa shape index (κ3) is 6.59. The van der Waals surface area contributed by atoms with Gasteiger partial charge in [-0.15, -0.1) is 0 Å². The zero-order chi connectivity index (χ0) is 24.2. The number of amides is 2.